The predicted octanol–water partition coefficient (Wildman–Crippen LogP) is 6.98. The topological polar surface area (TPSA) is 50.7 Å². The summed E-state index contributed by atoms with van der Waals surface area (Å²) in [6.07, 6.45) is 1.59. The Labute approximate surface area is 208 Å². The minimum atomic E-state index is -0.268. The van der Waals surface area contributed by atoms with Gasteiger partial charge in [0.1, 0.15) is 12.4 Å². The average molecular weight is 487 g/mol. The molecule has 4 aromatic rings. The van der Waals surface area contributed by atoms with Crippen molar-refractivity contribution in [3.8, 4) is 5.75 Å². The Bertz CT molecular complexity index is 1240. The second-order valence-corrected chi connectivity index (χ2v) is 8.94. The highest BCUT2D eigenvalue weighted by molar-refractivity contribution is 7.98. The lowest BCUT2D eigenvalue weighted by atomic mass is 10.1. The van der Waals surface area contributed by atoms with Gasteiger partial charge in [-0.3, -0.25) is 4.79 Å². The highest BCUT2D eigenvalue weighted by Gasteiger charge is 2.06. The van der Waals surface area contributed by atoms with Gasteiger partial charge in [-0.15, -0.1) is 11.8 Å². The predicted molar refractivity (Wildman–Crippen MR) is 140 cm³/mol. The number of halogens is 1. The third-order valence-corrected chi connectivity index (χ3v) is 6.30. The van der Waals surface area contributed by atoms with Crippen molar-refractivity contribution in [1.82, 2.24) is 5.43 Å². The lowest BCUT2D eigenvalue weighted by molar-refractivity contribution is 0.0955. The van der Waals surface area contributed by atoms with Crippen LogP contribution in [-0.4, -0.2) is 12.1 Å². The molecule has 4 rings (SSSR count). The molecule has 0 fully saturated rings. The molecule has 6 heteroatoms. The SMILES string of the molecule is O=C(N/N=C/c1ccccc1OCc1ccccc1)c1ccc(CSc2ccc(Cl)cc2)cc1. The van der Waals surface area contributed by atoms with Gasteiger partial charge in [0.15, 0.2) is 0 Å². The van der Waals surface area contributed by atoms with Gasteiger partial charge in [-0.25, -0.2) is 5.43 Å². The molecule has 1 N–H and O–H groups in total. The number of hydrogen-bond donors (Lipinski definition) is 1. The molecule has 0 aliphatic rings. The molecule has 0 aliphatic heterocycles. The van der Waals surface area contributed by atoms with Crippen molar-refractivity contribution < 1.29 is 9.53 Å². The van der Waals surface area contributed by atoms with E-state index < -0.39 is 0 Å². The molecule has 0 radical (unpaired) electrons. The van der Waals surface area contributed by atoms with Gasteiger partial charge in [-0.2, -0.15) is 5.10 Å². The molecule has 0 bridgehead atoms. The van der Waals surface area contributed by atoms with E-state index in [9.17, 15) is 4.79 Å². The minimum Gasteiger partial charge on any atom is -0.488 e. The summed E-state index contributed by atoms with van der Waals surface area (Å²) in [5, 5.41) is 4.85. The first-order chi connectivity index (χ1) is 16.7. The Morgan fingerprint density at radius 2 is 1.56 bits per heavy atom. The Morgan fingerprint density at radius 3 is 2.32 bits per heavy atom. The summed E-state index contributed by atoms with van der Waals surface area (Å²) in [6.45, 7) is 0.459. The van der Waals surface area contributed by atoms with Gasteiger partial charge >= 0.3 is 0 Å². The van der Waals surface area contributed by atoms with Gasteiger partial charge in [-0.05, 0) is 59.7 Å². The molecule has 0 aliphatic carbocycles. The summed E-state index contributed by atoms with van der Waals surface area (Å²) >= 11 is 7.65. The molecule has 1 amide bonds. The summed E-state index contributed by atoms with van der Waals surface area (Å²) < 4.78 is 5.93. The van der Waals surface area contributed by atoms with E-state index in [1.807, 2.05) is 91.0 Å². The second-order valence-electron chi connectivity index (χ2n) is 7.45. The molecule has 0 saturated heterocycles. The molecule has 4 aromatic carbocycles. The summed E-state index contributed by atoms with van der Waals surface area (Å²) in [4.78, 5) is 13.6. The number of para-hydroxylation sites is 1. The van der Waals surface area contributed by atoms with Crippen LogP contribution in [0.15, 0.2) is 113 Å². The van der Waals surface area contributed by atoms with Crippen LogP contribution in [0.4, 0.5) is 0 Å². The smallest absolute Gasteiger partial charge is 0.271 e. The lowest BCUT2D eigenvalue weighted by Crippen LogP contribution is -2.17. The Hall–Kier alpha value is -3.54. The number of carbonyl (C=O) groups excluding carboxylic acids is 1. The lowest BCUT2D eigenvalue weighted by Gasteiger charge is -2.09. The van der Waals surface area contributed by atoms with Crippen LogP contribution < -0.4 is 10.2 Å². The van der Waals surface area contributed by atoms with Gasteiger partial charge in [0.05, 0.1) is 6.21 Å². The van der Waals surface area contributed by atoms with Gasteiger partial charge in [0, 0.05) is 26.8 Å². The number of amides is 1. The van der Waals surface area contributed by atoms with Crippen LogP contribution in [0.3, 0.4) is 0 Å². The Balaban J connectivity index is 1.30. The molecule has 4 nitrogen and oxygen atoms in total. The van der Waals surface area contributed by atoms with Crippen molar-refractivity contribution in [3.05, 3.63) is 130 Å². The molecule has 0 heterocycles. The van der Waals surface area contributed by atoms with E-state index >= 15 is 0 Å². The number of hydrogen-bond acceptors (Lipinski definition) is 4. The zero-order valence-electron chi connectivity index (χ0n) is 18.4. The van der Waals surface area contributed by atoms with E-state index in [1.165, 1.54) is 0 Å². The van der Waals surface area contributed by atoms with Crippen LogP contribution in [0.5, 0.6) is 5.75 Å². The molecule has 0 unspecified atom stereocenters. The van der Waals surface area contributed by atoms with E-state index in [0.717, 1.165) is 32.4 Å². The van der Waals surface area contributed by atoms with Crippen molar-refractivity contribution in [3.63, 3.8) is 0 Å². The Kier molecular flexibility index (Phi) is 8.38. The van der Waals surface area contributed by atoms with Crippen LogP contribution in [0.2, 0.25) is 5.02 Å². The molecule has 0 saturated carbocycles. The number of hydrazone groups is 1. The quantitative estimate of drug-likeness (QED) is 0.158. The van der Waals surface area contributed by atoms with Crippen molar-refractivity contribution in [2.75, 3.05) is 0 Å². The number of nitrogens with one attached hydrogen (secondary N) is 1. The molecule has 34 heavy (non-hydrogen) atoms. The standard InChI is InChI=1S/C28H23ClN2O2S/c29-25-14-16-26(17-15-25)34-20-22-10-12-23(13-11-22)28(32)31-30-18-24-8-4-5-9-27(24)33-19-21-6-2-1-3-7-21/h1-18H,19-20H2,(H,31,32)/b30-18+. The maximum atomic E-state index is 12.5. The highest BCUT2D eigenvalue weighted by Crippen LogP contribution is 2.24. The van der Waals surface area contributed by atoms with Gasteiger partial charge in [0.2, 0.25) is 0 Å². The summed E-state index contributed by atoms with van der Waals surface area (Å²) in [7, 11) is 0. The zero-order valence-corrected chi connectivity index (χ0v) is 19.9. The molecule has 0 spiro atoms. The molecule has 0 aromatic heterocycles. The normalized spacial score (nSPS) is 10.9. The number of ether oxygens (including phenoxy) is 1. The minimum absolute atomic E-state index is 0.268. The molecule has 0 atom stereocenters. The first-order valence-corrected chi connectivity index (χ1v) is 12.1. The fourth-order valence-corrected chi connectivity index (χ4v) is 4.11. The first-order valence-electron chi connectivity index (χ1n) is 10.7. The summed E-state index contributed by atoms with van der Waals surface area (Å²) in [5.74, 6) is 1.24. The number of thioether (sulfide) groups is 1. The van der Waals surface area contributed by atoms with Gasteiger partial charge in [0.25, 0.3) is 5.91 Å². The van der Waals surface area contributed by atoms with Crippen molar-refractivity contribution >= 4 is 35.5 Å². The van der Waals surface area contributed by atoms with E-state index in [2.05, 4.69) is 10.5 Å². The molecular weight excluding hydrogens is 464 g/mol. The van der Waals surface area contributed by atoms with E-state index in [-0.39, 0.29) is 5.91 Å². The molecular formula is C28H23ClN2O2S. The number of nitrogens with zero attached hydrogens (tertiary/aromatic N) is 1. The summed E-state index contributed by atoms with van der Waals surface area (Å²) in [5.41, 5.74) is 6.13. The van der Waals surface area contributed by atoms with E-state index in [1.54, 1.807) is 30.1 Å². The largest absolute Gasteiger partial charge is 0.488 e. The Morgan fingerprint density at radius 1 is 0.853 bits per heavy atom. The highest BCUT2D eigenvalue weighted by atomic mass is 35.5. The third kappa shape index (κ3) is 6.98. The van der Waals surface area contributed by atoms with Crippen LogP contribution in [0, 0.1) is 0 Å². The zero-order chi connectivity index (χ0) is 23.6. The van der Waals surface area contributed by atoms with Crippen LogP contribution >= 0.6 is 23.4 Å². The van der Waals surface area contributed by atoms with Crippen LogP contribution in [-0.2, 0) is 12.4 Å². The number of carbonyl (C=O) groups is 1. The maximum Gasteiger partial charge on any atom is 0.271 e. The monoisotopic (exact) mass is 486 g/mol. The van der Waals surface area contributed by atoms with Gasteiger partial charge < -0.3 is 4.74 Å². The van der Waals surface area contributed by atoms with Crippen molar-refractivity contribution in [1.29, 1.82) is 0 Å². The summed E-state index contributed by atoms with van der Waals surface area (Å²) in [6, 6.07) is 32.8. The first kappa shape index (κ1) is 23.6. The fourth-order valence-electron chi connectivity index (χ4n) is 3.13. The van der Waals surface area contributed by atoms with Crippen molar-refractivity contribution in [2.24, 2.45) is 5.10 Å². The maximum absolute atomic E-state index is 12.5. The van der Waals surface area contributed by atoms with Crippen LogP contribution in [0.25, 0.3) is 0 Å². The second kappa shape index (κ2) is 12.1. The van der Waals surface area contributed by atoms with Gasteiger partial charge in [-0.1, -0.05) is 66.2 Å². The number of rotatable bonds is 9. The van der Waals surface area contributed by atoms with E-state index in [4.69, 9.17) is 16.3 Å². The van der Waals surface area contributed by atoms with Crippen LogP contribution in [0.1, 0.15) is 27.0 Å². The third-order valence-electron chi connectivity index (χ3n) is 4.96. The average Bonchev–Trinajstić information content (AvgIpc) is 2.88. The van der Waals surface area contributed by atoms with Crippen molar-refractivity contribution in [2.45, 2.75) is 17.3 Å². The fraction of sp³-hybridized carbons (Fsp3) is 0.0714. The van der Waals surface area contributed by atoms with E-state index in [0.29, 0.717) is 17.9 Å². The number of benzene rings is 4. The molecule has 170 valence electrons.